The molecule has 0 spiro atoms. The fourth-order valence-electron chi connectivity index (χ4n) is 3.49. The van der Waals surface area contributed by atoms with E-state index >= 15 is 0 Å². The van der Waals surface area contributed by atoms with Gasteiger partial charge in [-0.3, -0.25) is 0 Å². The molecule has 0 bridgehead atoms. The molecule has 4 rings (SSSR count). The van der Waals surface area contributed by atoms with Crippen molar-refractivity contribution >= 4 is 34.9 Å². The van der Waals surface area contributed by atoms with Crippen molar-refractivity contribution in [2.45, 2.75) is 22.6 Å². The molecule has 4 nitrogen and oxygen atoms in total. The zero-order chi connectivity index (χ0) is 17.1. The molecule has 1 fully saturated rings. The molecule has 2 aliphatic rings. The fourth-order valence-corrected chi connectivity index (χ4v) is 4.84. The minimum Gasteiger partial charge on any atom is -0.324 e. The zero-order valence-corrected chi connectivity index (χ0v) is 15.8. The molecule has 3 heterocycles. The molecule has 1 aromatic heterocycles. The van der Waals surface area contributed by atoms with Crippen LogP contribution >= 0.6 is 23.4 Å². The van der Waals surface area contributed by atoms with E-state index in [9.17, 15) is 0 Å². The molecule has 6 heteroatoms. The number of hydrogen-bond acceptors (Lipinski definition) is 5. The summed E-state index contributed by atoms with van der Waals surface area (Å²) in [6.45, 7) is 6.71. The molecule has 0 unspecified atom stereocenters. The van der Waals surface area contributed by atoms with Crippen LogP contribution in [-0.2, 0) is 0 Å². The first-order valence-electron chi connectivity index (χ1n) is 8.94. The first-order chi connectivity index (χ1) is 12.3. The SMILES string of the molecule is Clc1ccc2c(c1)Sc1cccnc1N2CCCN1CCCNCC1. The van der Waals surface area contributed by atoms with E-state index in [1.165, 1.54) is 28.4 Å². The van der Waals surface area contributed by atoms with Gasteiger partial charge in [-0.25, -0.2) is 4.98 Å². The summed E-state index contributed by atoms with van der Waals surface area (Å²) in [5.41, 5.74) is 1.22. The van der Waals surface area contributed by atoms with E-state index in [1.807, 2.05) is 18.3 Å². The van der Waals surface area contributed by atoms with Crippen molar-refractivity contribution in [3.05, 3.63) is 41.6 Å². The third-order valence-corrected chi connectivity index (χ3v) is 6.05. The number of hydrogen-bond donors (Lipinski definition) is 1. The fraction of sp³-hybridized carbons (Fsp3) is 0.421. The van der Waals surface area contributed by atoms with Crippen LogP contribution in [0.5, 0.6) is 0 Å². The number of nitrogens with zero attached hydrogens (tertiary/aromatic N) is 3. The lowest BCUT2D eigenvalue weighted by Gasteiger charge is -2.32. The van der Waals surface area contributed by atoms with Crippen LogP contribution in [0.1, 0.15) is 12.8 Å². The van der Waals surface area contributed by atoms with Gasteiger partial charge in [0.25, 0.3) is 0 Å². The summed E-state index contributed by atoms with van der Waals surface area (Å²) in [5.74, 6) is 1.07. The Morgan fingerprint density at radius 2 is 2.08 bits per heavy atom. The largest absolute Gasteiger partial charge is 0.324 e. The lowest BCUT2D eigenvalue weighted by molar-refractivity contribution is 0.290. The van der Waals surface area contributed by atoms with Crippen LogP contribution < -0.4 is 10.2 Å². The number of aromatic nitrogens is 1. The van der Waals surface area contributed by atoms with Crippen LogP contribution in [0, 0.1) is 0 Å². The molecule has 1 aromatic carbocycles. The van der Waals surface area contributed by atoms with E-state index in [4.69, 9.17) is 11.6 Å². The van der Waals surface area contributed by atoms with E-state index in [0.29, 0.717) is 0 Å². The summed E-state index contributed by atoms with van der Waals surface area (Å²) in [4.78, 5) is 12.0. The Morgan fingerprint density at radius 1 is 1.12 bits per heavy atom. The first kappa shape index (κ1) is 17.2. The lowest BCUT2D eigenvalue weighted by atomic mass is 10.2. The van der Waals surface area contributed by atoms with Gasteiger partial charge >= 0.3 is 0 Å². The van der Waals surface area contributed by atoms with Gasteiger partial charge in [-0.1, -0.05) is 23.4 Å². The number of pyridine rings is 1. The van der Waals surface area contributed by atoms with Gasteiger partial charge in [0.2, 0.25) is 0 Å². The molecule has 0 radical (unpaired) electrons. The zero-order valence-electron chi connectivity index (χ0n) is 14.2. The summed E-state index contributed by atoms with van der Waals surface area (Å²) in [6, 6.07) is 10.3. The average Bonchev–Trinajstić information content (AvgIpc) is 2.90. The standard InChI is InChI=1S/C19H23ClN4S/c20-15-5-6-16-18(14-15)25-17-4-1-8-22-19(17)24(16)12-3-11-23-10-2-7-21-9-13-23/h1,4-6,8,14,21H,2-3,7,9-13H2. The second kappa shape index (κ2) is 7.96. The Kier molecular flexibility index (Phi) is 5.46. The molecule has 0 aliphatic carbocycles. The van der Waals surface area contributed by atoms with Crippen molar-refractivity contribution in [1.29, 1.82) is 0 Å². The van der Waals surface area contributed by atoms with E-state index in [-0.39, 0.29) is 0 Å². The van der Waals surface area contributed by atoms with E-state index in [2.05, 4.69) is 38.3 Å². The maximum absolute atomic E-state index is 6.21. The third-order valence-electron chi connectivity index (χ3n) is 4.73. The highest BCUT2D eigenvalue weighted by Crippen LogP contribution is 2.47. The second-order valence-corrected chi connectivity index (χ2v) is 8.01. The summed E-state index contributed by atoms with van der Waals surface area (Å²) >= 11 is 7.97. The minimum atomic E-state index is 0.788. The third kappa shape index (κ3) is 3.95. The highest BCUT2D eigenvalue weighted by Gasteiger charge is 2.24. The van der Waals surface area contributed by atoms with Crippen LogP contribution in [0.3, 0.4) is 0 Å². The minimum absolute atomic E-state index is 0.788. The molecule has 0 amide bonds. The molecule has 25 heavy (non-hydrogen) atoms. The molecular weight excluding hydrogens is 352 g/mol. The van der Waals surface area contributed by atoms with Gasteiger partial charge in [0.15, 0.2) is 0 Å². The van der Waals surface area contributed by atoms with Crippen LogP contribution in [0.25, 0.3) is 0 Å². The number of benzene rings is 1. The molecule has 0 atom stereocenters. The van der Waals surface area contributed by atoms with Crippen molar-refractivity contribution < 1.29 is 0 Å². The molecule has 0 saturated carbocycles. The topological polar surface area (TPSA) is 31.4 Å². The first-order valence-corrected chi connectivity index (χ1v) is 10.1. The van der Waals surface area contributed by atoms with E-state index in [0.717, 1.165) is 50.0 Å². The molecular formula is C19H23ClN4S. The highest BCUT2D eigenvalue weighted by molar-refractivity contribution is 7.99. The van der Waals surface area contributed by atoms with Crippen LogP contribution in [0.15, 0.2) is 46.3 Å². The summed E-state index contributed by atoms with van der Waals surface area (Å²) < 4.78 is 0. The van der Waals surface area contributed by atoms with Crippen molar-refractivity contribution in [2.24, 2.45) is 0 Å². The van der Waals surface area contributed by atoms with E-state index in [1.54, 1.807) is 11.8 Å². The lowest BCUT2D eigenvalue weighted by Crippen LogP contribution is -2.32. The quantitative estimate of drug-likeness (QED) is 0.873. The molecule has 2 aromatic rings. The van der Waals surface area contributed by atoms with Gasteiger partial charge in [0, 0.05) is 35.7 Å². The van der Waals surface area contributed by atoms with Gasteiger partial charge in [0.05, 0.1) is 10.6 Å². The van der Waals surface area contributed by atoms with Crippen LogP contribution in [0.4, 0.5) is 11.5 Å². The van der Waals surface area contributed by atoms with Gasteiger partial charge < -0.3 is 15.1 Å². The van der Waals surface area contributed by atoms with Gasteiger partial charge in [0.1, 0.15) is 5.82 Å². The Bertz CT molecular complexity index is 731. The van der Waals surface area contributed by atoms with Gasteiger partial charge in [-0.05, 0) is 62.8 Å². The highest BCUT2D eigenvalue weighted by atomic mass is 35.5. The Balaban J connectivity index is 1.50. The Morgan fingerprint density at radius 3 is 3.04 bits per heavy atom. The van der Waals surface area contributed by atoms with Crippen molar-refractivity contribution in [1.82, 2.24) is 15.2 Å². The number of anilines is 2. The molecule has 2 aliphatic heterocycles. The van der Waals surface area contributed by atoms with Crippen molar-refractivity contribution in [2.75, 3.05) is 44.2 Å². The van der Waals surface area contributed by atoms with Crippen LogP contribution in [0.2, 0.25) is 5.02 Å². The van der Waals surface area contributed by atoms with Crippen LogP contribution in [-0.4, -0.2) is 49.2 Å². The molecule has 132 valence electrons. The number of rotatable bonds is 4. The predicted molar refractivity (Wildman–Crippen MR) is 105 cm³/mol. The summed E-state index contributed by atoms with van der Waals surface area (Å²) in [5, 5.41) is 4.26. The maximum atomic E-state index is 6.21. The summed E-state index contributed by atoms with van der Waals surface area (Å²) in [7, 11) is 0. The Labute approximate surface area is 158 Å². The molecule has 1 N–H and O–H groups in total. The monoisotopic (exact) mass is 374 g/mol. The number of halogens is 1. The normalized spacial score (nSPS) is 17.7. The Hall–Kier alpha value is -1.27. The van der Waals surface area contributed by atoms with E-state index < -0.39 is 0 Å². The average molecular weight is 375 g/mol. The van der Waals surface area contributed by atoms with Crippen molar-refractivity contribution in [3.63, 3.8) is 0 Å². The summed E-state index contributed by atoms with van der Waals surface area (Å²) in [6.07, 6.45) is 4.25. The van der Waals surface area contributed by atoms with Crippen molar-refractivity contribution in [3.8, 4) is 0 Å². The maximum Gasteiger partial charge on any atom is 0.147 e. The van der Waals surface area contributed by atoms with Gasteiger partial charge in [-0.2, -0.15) is 0 Å². The van der Waals surface area contributed by atoms with Gasteiger partial charge in [-0.15, -0.1) is 0 Å². The smallest absolute Gasteiger partial charge is 0.147 e. The predicted octanol–water partition coefficient (Wildman–Crippen LogP) is 4.02. The molecule has 1 saturated heterocycles. The second-order valence-electron chi connectivity index (χ2n) is 6.49. The number of fused-ring (bicyclic) bond motifs is 2. The number of nitrogens with one attached hydrogen (secondary N) is 1.